The Hall–Kier alpha value is -3.06. The Bertz CT molecular complexity index is 1090. The topological polar surface area (TPSA) is 72.7 Å². The molecule has 1 amide bonds. The third kappa shape index (κ3) is 3.66. The van der Waals surface area contributed by atoms with Crippen molar-refractivity contribution in [1.82, 2.24) is 25.1 Å². The smallest absolute Gasteiger partial charge is 0.252 e. The number of aromatic nitrogens is 4. The molecule has 0 fully saturated rings. The summed E-state index contributed by atoms with van der Waals surface area (Å²) < 4.78 is 1.86. The largest absolute Gasteiger partial charge is 0.352 e. The fourth-order valence-electron chi connectivity index (χ4n) is 3.08. The van der Waals surface area contributed by atoms with E-state index < -0.39 is 0 Å². The van der Waals surface area contributed by atoms with E-state index in [9.17, 15) is 4.79 Å². The highest BCUT2D eigenvalue weighted by atomic mass is 32.1. The predicted molar refractivity (Wildman–Crippen MR) is 112 cm³/mol. The summed E-state index contributed by atoms with van der Waals surface area (Å²) in [5.74, 6) is -0.121. The molecule has 6 nitrogen and oxygen atoms in total. The zero-order valence-electron chi connectivity index (χ0n) is 15.8. The van der Waals surface area contributed by atoms with E-state index in [-0.39, 0.29) is 11.9 Å². The number of hydrogen-bond acceptors (Lipinski definition) is 5. The summed E-state index contributed by atoms with van der Waals surface area (Å²) in [5, 5.41) is 10.2. The van der Waals surface area contributed by atoms with E-state index in [0.717, 1.165) is 27.3 Å². The van der Waals surface area contributed by atoms with Crippen LogP contribution in [0.15, 0.2) is 54.2 Å². The molecule has 0 atom stereocenters. The highest BCUT2D eigenvalue weighted by Gasteiger charge is 2.18. The quantitative estimate of drug-likeness (QED) is 0.537. The number of nitrogens with zero attached hydrogens (tertiary/aromatic N) is 4. The lowest BCUT2D eigenvalue weighted by Crippen LogP contribution is -2.26. The Kier molecular flexibility index (Phi) is 5.16. The summed E-state index contributed by atoms with van der Waals surface area (Å²) in [6.45, 7) is 4.63. The maximum atomic E-state index is 13.0. The van der Waals surface area contributed by atoms with Gasteiger partial charge in [-0.1, -0.05) is 12.1 Å². The zero-order chi connectivity index (χ0) is 19.5. The van der Waals surface area contributed by atoms with Crippen LogP contribution in [0.1, 0.15) is 35.9 Å². The number of pyridine rings is 2. The summed E-state index contributed by atoms with van der Waals surface area (Å²) in [7, 11) is 0. The van der Waals surface area contributed by atoms with Gasteiger partial charge in [-0.3, -0.25) is 9.78 Å². The Morgan fingerprint density at radius 3 is 2.86 bits per heavy atom. The summed E-state index contributed by atoms with van der Waals surface area (Å²) in [6.07, 6.45) is 4.18. The molecule has 0 saturated carbocycles. The van der Waals surface area contributed by atoms with E-state index in [1.807, 2.05) is 46.5 Å². The predicted octanol–water partition coefficient (Wildman–Crippen LogP) is 4.11. The minimum Gasteiger partial charge on any atom is -0.352 e. The van der Waals surface area contributed by atoms with Gasteiger partial charge in [-0.25, -0.2) is 9.67 Å². The van der Waals surface area contributed by atoms with Crippen LogP contribution in [-0.2, 0) is 6.42 Å². The van der Waals surface area contributed by atoms with E-state index in [1.54, 1.807) is 23.7 Å². The Morgan fingerprint density at radius 1 is 1.25 bits per heavy atom. The molecular weight excluding hydrogens is 370 g/mol. The molecule has 142 valence electrons. The minimum absolute atomic E-state index is 0.121. The van der Waals surface area contributed by atoms with E-state index in [4.69, 9.17) is 4.98 Å². The van der Waals surface area contributed by atoms with Gasteiger partial charge in [0, 0.05) is 30.9 Å². The molecule has 4 heterocycles. The standard InChI is InChI=1S/C21H21N5OS/c1-14(2)26-20-17(13-24-26)16(12-18(25-20)19-7-5-11-28-19)21(27)23-10-8-15-6-3-4-9-22-15/h3-7,9,11-14H,8,10H2,1-2H3,(H,23,27). The van der Waals surface area contributed by atoms with Gasteiger partial charge in [-0.05, 0) is 43.5 Å². The SMILES string of the molecule is CC(C)n1ncc2c(C(=O)NCCc3ccccn3)cc(-c3cccs3)nc21. The average Bonchev–Trinajstić information content (AvgIpc) is 3.37. The van der Waals surface area contributed by atoms with Crippen molar-refractivity contribution in [1.29, 1.82) is 0 Å². The van der Waals surface area contributed by atoms with Crippen LogP contribution in [0.4, 0.5) is 0 Å². The van der Waals surface area contributed by atoms with Crippen molar-refractivity contribution in [2.75, 3.05) is 6.54 Å². The molecule has 4 rings (SSSR count). The Labute approximate surface area is 167 Å². The highest BCUT2D eigenvalue weighted by Crippen LogP contribution is 2.28. The molecule has 0 unspecified atom stereocenters. The monoisotopic (exact) mass is 391 g/mol. The molecular formula is C21H21N5OS. The first kappa shape index (κ1) is 18.3. The highest BCUT2D eigenvalue weighted by molar-refractivity contribution is 7.13. The number of thiophene rings is 1. The number of carbonyl (C=O) groups is 1. The van der Waals surface area contributed by atoms with Crippen LogP contribution in [0.25, 0.3) is 21.6 Å². The molecule has 0 aliphatic carbocycles. The number of fused-ring (bicyclic) bond motifs is 1. The number of amides is 1. The lowest BCUT2D eigenvalue weighted by Gasteiger charge is -2.10. The van der Waals surface area contributed by atoms with Gasteiger partial charge in [0.15, 0.2) is 5.65 Å². The van der Waals surface area contributed by atoms with Gasteiger partial charge in [-0.2, -0.15) is 5.10 Å². The summed E-state index contributed by atoms with van der Waals surface area (Å²) in [4.78, 5) is 23.1. The number of carbonyl (C=O) groups excluding carboxylic acids is 1. The van der Waals surface area contributed by atoms with Crippen LogP contribution in [0, 0.1) is 0 Å². The van der Waals surface area contributed by atoms with Gasteiger partial charge in [0.05, 0.1) is 27.7 Å². The van der Waals surface area contributed by atoms with Crippen LogP contribution in [0.3, 0.4) is 0 Å². The van der Waals surface area contributed by atoms with Crippen LogP contribution in [0.2, 0.25) is 0 Å². The molecule has 0 aromatic carbocycles. The van der Waals surface area contributed by atoms with Gasteiger partial charge in [0.25, 0.3) is 5.91 Å². The second-order valence-electron chi connectivity index (χ2n) is 6.78. The molecule has 0 aliphatic rings. The van der Waals surface area contributed by atoms with Crippen molar-refractivity contribution >= 4 is 28.3 Å². The fourth-order valence-corrected chi connectivity index (χ4v) is 3.77. The maximum Gasteiger partial charge on any atom is 0.252 e. The molecule has 4 aromatic heterocycles. The Balaban J connectivity index is 1.65. The molecule has 0 spiro atoms. The van der Waals surface area contributed by atoms with Gasteiger partial charge in [0.2, 0.25) is 0 Å². The van der Waals surface area contributed by atoms with Crippen molar-refractivity contribution in [3.63, 3.8) is 0 Å². The normalized spacial score (nSPS) is 11.2. The van der Waals surface area contributed by atoms with Crippen molar-refractivity contribution in [2.24, 2.45) is 0 Å². The van der Waals surface area contributed by atoms with Gasteiger partial charge < -0.3 is 5.32 Å². The molecule has 7 heteroatoms. The van der Waals surface area contributed by atoms with E-state index in [2.05, 4.69) is 29.2 Å². The van der Waals surface area contributed by atoms with Crippen molar-refractivity contribution in [3.05, 3.63) is 65.4 Å². The maximum absolute atomic E-state index is 13.0. The molecule has 1 N–H and O–H groups in total. The summed E-state index contributed by atoms with van der Waals surface area (Å²) >= 11 is 1.60. The second-order valence-corrected chi connectivity index (χ2v) is 7.73. The average molecular weight is 392 g/mol. The van der Waals surface area contributed by atoms with E-state index >= 15 is 0 Å². The van der Waals surface area contributed by atoms with Crippen LogP contribution >= 0.6 is 11.3 Å². The third-order valence-electron chi connectivity index (χ3n) is 4.47. The van der Waals surface area contributed by atoms with Crippen LogP contribution < -0.4 is 5.32 Å². The first-order valence-corrected chi connectivity index (χ1v) is 10.1. The van der Waals surface area contributed by atoms with E-state index in [0.29, 0.717) is 18.5 Å². The van der Waals surface area contributed by atoms with E-state index in [1.165, 1.54) is 0 Å². The third-order valence-corrected chi connectivity index (χ3v) is 5.36. The number of hydrogen-bond donors (Lipinski definition) is 1. The summed E-state index contributed by atoms with van der Waals surface area (Å²) in [5.41, 5.74) is 3.08. The molecule has 0 bridgehead atoms. The fraction of sp³-hybridized carbons (Fsp3) is 0.238. The van der Waals surface area contributed by atoms with Crippen molar-refractivity contribution in [2.45, 2.75) is 26.3 Å². The van der Waals surface area contributed by atoms with Gasteiger partial charge >= 0.3 is 0 Å². The second kappa shape index (κ2) is 7.90. The molecule has 0 saturated heterocycles. The van der Waals surface area contributed by atoms with Gasteiger partial charge in [0.1, 0.15) is 0 Å². The van der Waals surface area contributed by atoms with Gasteiger partial charge in [-0.15, -0.1) is 11.3 Å². The molecule has 4 aromatic rings. The summed E-state index contributed by atoms with van der Waals surface area (Å²) in [6, 6.07) is 11.8. The van der Waals surface area contributed by atoms with Crippen molar-refractivity contribution < 1.29 is 4.79 Å². The number of nitrogens with one attached hydrogen (secondary N) is 1. The first-order chi connectivity index (χ1) is 13.6. The lowest BCUT2D eigenvalue weighted by atomic mass is 10.1. The Morgan fingerprint density at radius 2 is 2.14 bits per heavy atom. The van der Waals surface area contributed by atoms with Crippen molar-refractivity contribution in [3.8, 4) is 10.6 Å². The molecule has 0 radical (unpaired) electrons. The lowest BCUT2D eigenvalue weighted by molar-refractivity contribution is 0.0955. The number of rotatable bonds is 6. The molecule has 0 aliphatic heterocycles. The zero-order valence-corrected chi connectivity index (χ0v) is 16.6. The van der Waals surface area contributed by atoms with Crippen LogP contribution in [-0.4, -0.2) is 32.2 Å². The molecule has 28 heavy (non-hydrogen) atoms. The minimum atomic E-state index is -0.121. The first-order valence-electron chi connectivity index (χ1n) is 9.23. The van der Waals surface area contributed by atoms with Crippen LogP contribution in [0.5, 0.6) is 0 Å².